The van der Waals surface area contributed by atoms with Gasteiger partial charge >= 0.3 is 0 Å². The second kappa shape index (κ2) is 11.0. The Hall–Kier alpha value is -2.40. The molecule has 0 bridgehead atoms. The smallest absolute Gasteiger partial charge is 0.250 e. The van der Waals surface area contributed by atoms with Gasteiger partial charge in [-0.3, -0.25) is 4.79 Å². The van der Waals surface area contributed by atoms with Crippen molar-refractivity contribution >= 4 is 5.91 Å². The molecule has 156 valence electrons. The summed E-state index contributed by atoms with van der Waals surface area (Å²) in [5, 5.41) is 0. The number of hydrogen-bond donors (Lipinski definition) is 1. The highest BCUT2D eigenvalue weighted by molar-refractivity contribution is 5.92. The first-order chi connectivity index (χ1) is 14.2. The van der Waals surface area contributed by atoms with Crippen LogP contribution in [-0.2, 0) is 6.42 Å². The van der Waals surface area contributed by atoms with Crippen molar-refractivity contribution in [1.29, 1.82) is 0 Å². The molecule has 1 fully saturated rings. The Labute approximate surface area is 174 Å². The minimum absolute atomic E-state index is 0.373. The first-order valence-corrected chi connectivity index (χ1v) is 10.9. The molecule has 3 rings (SSSR count). The van der Waals surface area contributed by atoms with E-state index in [4.69, 9.17) is 10.5 Å². The van der Waals surface area contributed by atoms with E-state index < -0.39 is 5.91 Å². The summed E-state index contributed by atoms with van der Waals surface area (Å²) in [4.78, 5) is 18.0. The number of carbonyl (C=O) groups is 1. The number of aromatic nitrogens is 1. The molecular formula is C24H33N3O2. The van der Waals surface area contributed by atoms with Gasteiger partial charge in [0.15, 0.2) is 0 Å². The molecular weight excluding hydrogens is 362 g/mol. The Bertz CT molecular complexity index is 753. The molecule has 0 spiro atoms. The standard InChI is InChI=1S/C24H33N3O2/c1-2-3-16-27(21-7-5-4-6-8-21)17-15-19-9-12-22(13-10-19)29-23-14-11-20(18-26-23)24(25)28/h9-14,18,21H,2-8,15-17H2,1H3,(H2,25,28). The van der Waals surface area contributed by atoms with Gasteiger partial charge in [-0.2, -0.15) is 0 Å². The van der Waals surface area contributed by atoms with Crippen LogP contribution in [0.25, 0.3) is 0 Å². The van der Waals surface area contributed by atoms with Gasteiger partial charge in [0.2, 0.25) is 11.8 Å². The van der Waals surface area contributed by atoms with Gasteiger partial charge in [-0.05, 0) is 56.0 Å². The highest BCUT2D eigenvalue weighted by Gasteiger charge is 2.20. The zero-order valence-electron chi connectivity index (χ0n) is 17.5. The molecule has 1 amide bonds. The van der Waals surface area contributed by atoms with Crippen molar-refractivity contribution in [2.45, 2.75) is 64.3 Å². The zero-order chi connectivity index (χ0) is 20.5. The quantitative estimate of drug-likeness (QED) is 0.618. The molecule has 0 aliphatic heterocycles. The third-order valence-corrected chi connectivity index (χ3v) is 5.74. The maximum Gasteiger partial charge on any atom is 0.250 e. The summed E-state index contributed by atoms with van der Waals surface area (Å²) in [6, 6.07) is 12.3. The predicted octanol–water partition coefficient (Wildman–Crippen LogP) is 4.95. The number of benzene rings is 1. The lowest BCUT2D eigenvalue weighted by atomic mass is 9.93. The van der Waals surface area contributed by atoms with Gasteiger partial charge in [0.1, 0.15) is 5.75 Å². The summed E-state index contributed by atoms with van der Waals surface area (Å²) in [6.45, 7) is 4.62. The number of primary amides is 1. The second-order valence-corrected chi connectivity index (χ2v) is 7.93. The molecule has 1 heterocycles. The largest absolute Gasteiger partial charge is 0.439 e. The van der Waals surface area contributed by atoms with E-state index in [9.17, 15) is 4.79 Å². The molecule has 1 aromatic heterocycles. The second-order valence-electron chi connectivity index (χ2n) is 7.93. The molecule has 29 heavy (non-hydrogen) atoms. The van der Waals surface area contributed by atoms with Crippen molar-refractivity contribution in [3.05, 3.63) is 53.7 Å². The Balaban J connectivity index is 1.53. The van der Waals surface area contributed by atoms with Gasteiger partial charge in [-0.15, -0.1) is 0 Å². The van der Waals surface area contributed by atoms with E-state index in [-0.39, 0.29) is 0 Å². The zero-order valence-corrected chi connectivity index (χ0v) is 17.5. The summed E-state index contributed by atoms with van der Waals surface area (Å²) < 4.78 is 5.77. The number of nitrogens with zero attached hydrogens (tertiary/aromatic N) is 2. The fraction of sp³-hybridized carbons (Fsp3) is 0.500. The monoisotopic (exact) mass is 395 g/mol. The number of pyridine rings is 1. The number of rotatable bonds is 10. The summed E-state index contributed by atoms with van der Waals surface area (Å²) >= 11 is 0. The van der Waals surface area contributed by atoms with E-state index in [0.29, 0.717) is 11.4 Å². The molecule has 0 saturated heterocycles. The Kier molecular flexibility index (Phi) is 8.05. The highest BCUT2D eigenvalue weighted by Crippen LogP contribution is 2.24. The molecule has 1 saturated carbocycles. The fourth-order valence-corrected chi connectivity index (χ4v) is 3.99. The third-order valence-electron chi connectivity index (χ3n) is 5.74. The normalized spacial score (nSPS) is 14.8. The van der Waals surface area contributed by atoms with E-state index in [1.807, 2.05) is 12.1 Å². The lowest BCUT2D eigenvalue weighted by Crippen LogP contribution is -2.38. The van der Waals surface area contributed by atoms with Gasteiger partial charge in [-0.1, -0.05) is 44.7 Å². The molecule has 2 aromatic rings. The van der Waals surface area contributed by atoms with Gasteiger partial charge in [0.25, 0.3) is 0 Å². The minimum atomic E-state index is -0.491. The minimum Gasteiger partial charge on any atom is -0.439 e. The highest BCUT2D eigenvalue weighted by atomic mass is 16.5. The summed E-state index contributed by atoms with van der Waals surface area (Å²) in [5.41, 5.74) is 6.93. The number of hydrogen-bond acceptors (Lipinski definition) is 4. The van der Waals surface area contributed by atoms with Crippen LogP contribution >= 0.6 is 0 Å². The van der Waals surface area contributed by atoms with Crippen molar-refractivity contribution < 1.29 is 9.53 Å². The van der Waals surface area contributed by atoms with Gasteiger partial charge in [-0.25, -0.2) is 4.98 Å². The van der Waals surface area contributed by atoms with Crippen molar-refractivity contribution in [1.82, 2.24) is 9.88 Å². The van der Waals surface area contributed by atoms with Crippen LogP contribution in [-0.4, -0.2) is 34.9 Å². The molecule has 1 aliphatic rings. The molecule has 0 unspecified atom stereocenters. The SMILES string of the molecule is CCCCN(CCc1ccc(Oc2ccc(C(N)=O)cn2)cc1)C1CCCCC1. The van der Waals surface area contributed by atoms with Crippen LogP contribution in [0.5, 0.6) is 11.6 Å². The molecule has 0 radical (unpaired) electrons. The van der Waals surface area contributed by atoms with Crippen molar-refractivity contribution in [2.75, 3.05) is 13.1 Å². The first kappa shape index (κ1) is 21.3. The predicted molar refractivity (Wildman–Crippen MR) is 116 cm³/mol. The topological polar surface area (TPSA) is 68.5 Å². The van der Waals surface area contributed by atoms with Crippen LogP contribution in [0.15, 0.2) is 42.6 Å². The van der Waals surface area contributed by atoms with Crippen LogP contribution in [0.4, 0.5) is 0 Å². The molecule has 0 atom stereocenters. The van der Waals surface area contributed by atoms with Crippen LogP contribution in [0.2, 0.25) is 0 Å². The van der Waals surface area contributed by atoms with Gasteiger partial charge < -0.3 is 15.4 Å². The summed E-state index contributed by atoms with van der Waals surface area (Å²) in [5.74, 6) is 0.698. The van der Waals surface area contributed by atoms with Crippen LogP contribution in [0.1, 0.15) is 67.8 Å². The van der Waals surface area contributed by atoms with E-state index in [1.165, 1.54) is 63.3 Å². The average Bonchev–Trinajstić information content (AvgIpc) is 2.76. The molecule has 2 N–H and O–H groups in total. The number of carbonyl (C=O) groups excluding carboxylic acids is 1. The lowest BCUT2D eigenvalue weighted by Gasteiger charge is -2.34. The van der Waals surface area contributed by atoms with E-state index >= 15 is 0 Å². The van der Waals surface area contributed by atoms with E-state index in [1.54, 1.807) is 12.1 Å². The molecule has 1 aromatic carbocycles. The van der Waals surface area contributed by atoms with Crippen LogP contribution < -0.4 is 10.5 Å². The Morgan fingerprint density at radius 2 is 1.86 bits per heavy atom. The molecule has 5 nitrogen and oxygen atoms in total. The fourth-order valence-electron chi connectivity index (χ4n) is 3.99. The number of unbranched alkanes of at least 4 members (excludes halogenated alkanes) is 1. The van der Waals surface area contributed by atoms with Crippen molar-refractivity contribution in [2.24, 2.45) is 5.73 Å². The number of ether oxygens (including phenoxy) is 1. The van der Waals surface area contributed by atoms with Gasteiger partial charge in [0.05, 0.1) is 5.56 Å². The van der Waals surface area contributed by atoms with Crippen molar-refractivity contribution in [3.8, 4) is 11.6 Å². The number of amides is 1. The molecule has 1 aliphatic carbocycles. The van der Waals surface area contributed by atoms with E-state index in [0.717, 1.165) is 24.8 Å². The summed E-state index contributed by atoms with van der Waals surface area (Å²) in [7, 11) is 0. The Morgan fingerprint density at radius 1 is 1.10 bits per heavy atom. The van der Waals surface area contributed by atoms with Crippen LogP contribution in [0, 0.1) is 0 Å². The summed E-state index contributed by atoms with van der Waals surface area (Å²) in [6.07, 6.45) is 11.9. The van der Waals surface area contributed by atoms with E-state index in [2.05, 4.69) is 28.9 Å². The molecule has 5 heteroatoms. The average molecular weight is 396 g/mol. The Morgan fingerprint density at radius 3 is 2.48 bits per heavy atom. The number of nitrogens with two attached hydrogens (primary N) is 1. The maximum absolute atomic E-state index is 11.1. The lowest BCUT2D eigenvalue weighted by molar-refractivity contribution is 0.1000. The van der Waals surface area contributed by atoms with Crippen LogP contribution in [0.3, 0.4) is 0 Å². The first-order valence-electron chi connectivity index (χ1n) is 10.9. The maximum atomic E-state index is 11.1. The van der Waals surface area contributed by atoms with Gasteiger partial charge in [0, 0.05) is 24.8 Å². The van der Waals surface area contributed by atoms with Crippen molar-refractivity contribution in [3.63, 3.8) is 0 Å². The third kappa shape index (κ3) is 6.57.